The third-order valence-corrected chi connectivity index (χ3v) is 4.04. The lowest BCUT2D eigenvalue weighted by Crippen LogP contribution is -2.25. The van der Waals surface area contributed by atoms with E-state index < -0.39 is 0 Å². The van der Waals surface area contributed by atoms with Crippen LogP contribution in [0.1, 0.15) is 36.1 Å². The van der Waals surface area contributed by atoms with Crippen LogP contribution in [-0.2, 0) is 6.54 Å². The molecule has 1 aliphatic rings. The summed E-state index contributed by atoms with van der Waals surface area (Å²) in [6.07, 6.45) is 3.15. The predicted octanol–water partition coefficient (Wildman–Crippen LogP) is 1.80. The molecule has 0 amide bonds. The monoisotopic (exact) mass is 225 g/mol. The number of thiazole rings is 1. The van der Waals surface area contributed by atoms with Crippen molar-refractivity contribution in [2.75, 3.05) is 13.1 Å². The van der Waals surface area contributed by atoms with Gasteiger partial charge in [0.25, 0.3) is 0 Å². The van der Waals surface area contributed by atoms with Gasteiger partial charge in [0.15, 0.2) is 0 Å². The molecule has 0 aromatic carbocycles. The third kappa shape index (κ3) is 2.77. The zero-order chi connectivity index (χ0) is 10.8. The molecule has 3 nitrogen and oxygen atoms in total. The van der Waals surface area contributed by atoms with Gasteiger partial charge in [0.05, 0.1) is 5.01 Å². The van der Waals surface area contributed by atoms with Gasteiger partial charge in [0.2, 0.25) is 0 Å². The Bertz CT molecular complexity index is 321. The summed E-state index contributed by atoms with van der Waals surface area (Å²) in [6, 6.07) is 0.377. The topological polar surface area (TPSA) is 42.2 Å². The molecule has 0 saturated carbocycles. The van der Waals surface area contributed by atoms with Crippen molar-refractivity contribution >= 4 is 11.3 Å². The smallest absolute Gasteiger partial charge is 0.0953 e. The summed E-state index contributed by atoms with van der Waals surface area (Å²) in [5, 5.41) is 1.24. The molecule has 0 unspecified atom stereocenters. The molecule has 0 bridgehead atoms. The minimum Gasteiger partial charge on any atom is -0.326 e. The van der Waals surface area contributed by atoms with Gasteiger partial charge in [0, 0.05) is 42.7 Å². The standard InChI is InChI=1S/C11H19N3S/c1-8(2)11-13-5-10(15-11)7-14-4-3-9(12)6-14/h5,8-9H,3-4,6-7,12H2,1-2H3/t9-/m1/s1. The highest BCUT2D eigenvalue weighted by Gasteiger charge is 2.19. The molecule has 0 aliphatic carbocycles. The fraction of sp³-hybridized carbons (Fsp3) is 0.727. The summed E-state index contributed by atoms with van der Waals surface area (Å²) in [7, 11) is 0. The number of hydrogen-bond acceptors (Lipinski definition) is 4. The zero-order valence-corrected chi connectivity index (χ0v) is 10.3. The van der Waals surface area contributed by atoms with Gasteiger partial charge in [-0.05, 0) is 6.42 Å². The Morgan fingerprint density at radius 2 is 2.47 bits per heavy atom. The molecule has 4 heteroatoms. The Hall–Kier alpha value is -0.450. The molecule has 1 aromatic rings. The highest BCUT2D eigenvalue weighted by molar-refractivity contribution is 7.11. The van der Waals surface area contributed by atoms with Crippen LogP contribution in [0.4, 0.5) is 0 Å². The normalized spacial score (nSPS) is 22.8. The maximum atomic E-state index is 5.88. The molecular weight excluding hydrogens is 206 g/mol. The van der Waals surface area contributed by atoms with Crippen LogP contribution < -0.4 is 5.73 Å². The fourth-order valence-corrected chi connectivity index (χ4v) is 2.85. The fourth-order valence-electron chi connectivity index (χ4n) is 1.89. The number of rotatable bonds is 3. The molecule has 2 heterocycles. The predicted molar refractivity (Wildman–Crippen MR) is 64.1 cm³/mol. The van der Waals surface area contributed by atoms with Crippen molar-refractivity contribution in [1.82, 2.24) is 9.88 Å². The Labute approximate surface area is 95.3 Å². The second kappa shape index (κ2) is 4.60. The summed E-state index contributed by atoms with van der Waals surface area (Å²) < 4.78 is 0. The van der Waals surface area contributed by atoms with Crippen LogP contribution in [0, 0.1) is 0 Å². The molecule has 1 aromatic heterocycles. The largest absolute Gasteiger partial charge is 0.326 e. The number of nitrogens with zero attached hydrogens (tertiary/aromatic N) is 2. The lowest BCUT2D eigenvalue weighted by Gasteiger charge is -2.12. The first-order valence-electron chi connectivity index (χ1n) is 5.57. The first-order valence-corrected chi connectivity index (χ1v) is 6.39. The lowest BCUT2D eigenvalue weighted by molar-refractivity contribution is 0.329. The van der Waals surface area contributed by atoms with Crippen LogP contribution in [0.2, 0.25) is 0 Å². The van der Waals surface area contributed by atoms with Gasteiger partial charge in [0.1, 0.15) is 0 Å². The van der Waals surface area contributed by atoms with Gasteiger partial charge in [-0.3, -0.25) is 4.90 Å². The van der Waals surface area contributed by atoms with E-state index in [2.05, 4.69) is 23.7 Å². The zero-order valence-electron chi connectivity index (χ0n) is 9.44. The number of hydrogen-bond donors (Lipinski definition) is 1. The van der Waals surface area contributed by atoms with Crippen LogP contribution in [0.3, 0.4) is 0 Å². The van der Waals surface area contributed by atoms with Crippen molar-refractivity contribution in [2.45, 2.75) is 38.8 Å². The van der Waals surface area contributed by atoms with Crippen LogP contribution in [0.15, 0.2) is 6.20 Å². The van der Waals surface area contributed by atoms with E-state index in [1.165, 1.54) is 9.88 Å². The molecule has 1 atom stereocenters. The average molecular weight is 225 g/mol. The molecule has 2 rings (SSSR count). The van der Waals surface area contributed by atoms with E-state index in [-0.39, 0.29) is 0 Å². The minimum absolute atomic E-state index is 0.377. The van der Waals surface area contributed by atoms with E-state index in [9.17, 15) is 0 Å². The van der Waals surface area contributed by atoms with E-state index in [0.29, 0.717) is 12.0 Å². The molecule has 15 heavy (non-hydrogen) atoms. The summed E-state index contributed by atoms with van der Waals surface area (Å²) in [6.45, 7) is 7.58. The van der Waals surface area contributed by atoms with Gasteiger partial charge < -0.3 is 5.73 Å². The SMILES string of the molecule is CC(C)c1ncc(CN2CC[C@@H](N)C2)s1. The highest BCUT2D eigenvalue weighted by Crippen LogP contribution is 2.23. The van der Waals surface area contributed by atoms with Crippen LogP contribution in [0.25, 0.3) is 0 Å². The Balaban J connectivity index is 1.93. The molecule has 1 saturated heterocycles. The summed E-state index contributed by atoms with van der Waals surface area (Å²) in [4.78, 5) is 8.22. The van der Waals surface area contributed by atoms with E-state index in [1.807, 2.05) is 17.5 Å². The molecule has 0 spiro atoms. The number of nitrogens with two attached hydrogens (primary N) is 1. The maximum Gasteiger partial charge on any atom is 0.0953 e. The molecule has 1 aliphatic heterocycles. The van der Waals surface area contributed by atoms with Gasteiger partial charge >= 0.3 is 0 Å². The van der Waals surface area contributed by atoms with Crippen molar-refractivity contribution in [3.8, 4) is 0 Å². The van der Waals surface area contributed by atoms with Crippen LogP contribution in [0.5, 0.6) is 0 Å². The summed E-state index contributed by atoms with van der Waals surface area (Å²) in [5.74, 6) is 0.546. The first kappa shape index (κ1) is 11.0. The third-order valence-electron chi connectivity index (χ3n) is 2.75. The molecule has 1 fully saturated rings. The summed E-state index contributed by atoms with van der Waals surface area (Å²) >= 11 is 1.84. The lowest BCUT2D eigenvalue weighted by atomic mass is 10.2. The van der Waals surface area contributed by atoms with Crippen LogP contribution in [-0.4, -0.2) is 29.0 Å². The number of aromatic nitrogens is 1. The number of likely N-dealkylation sites (tertiary alicyclic amines) is 1. The Morgan fingerprint density at radius 3 is 3.00 bits per heavy atom. The average Bonchev–Trinajstić information content (AvgIpc) is 2.76. The molecule has 84 valence electrons. The second-order valence-electron chi connectivity index (χ2n) is 4.60. The van der Waals surface area contributed by atoms with Crippen molar-refractivity contribution < 1.29 is 0 Å². The van der Waals surface area contributed by atoms with Crippen LogP contribution >= 0.6 is 11.3 Å². The Kier molecular flexibility index (Phi) is 3.38. The van der Waals surface area contributed by atoms with Crippen molar-refractivity contribution in [3.63, 3.8) is 0 Å². The van der Waals surface area contributed by atoms with Gasteiger partial charge in [-0.25, -0.2) is 4.98 Å². The molecule has 2 N–H and O–H groups in total. The summed E-state index contributed by atoms with van der Waals surface area (Å²) in [5.41, 5.74) is 5.88. The quantitative estimate of drug-likeness (QED) is 0.853. The van der Waals surface area contributed by atoms with Gasteiger partial charge in [-0.15, -0.1) is 11.3 Å². The van der Waals surface area contributed by atoms with Crippen molar-refractivity contribution in [1.29, 1.82) is 0 Å². The van der Waals surface area contributed by atoms with Crippen molar-refractivity contribution in [3.05, 3.63) is 16.1 Å². The van der Waals surface area contributed by atoms with E-state index in [4.69, 9.17) is 5.73 Å². The van der Waals surface area contributed by atoms with E-state index in [0.717, 1.165) is 26.1 Å². The maximum absolute atomic E-state index is 5.88. The molecular formula is C11H19N3S. The highest BCUT2D eigenvalue weighted by atomic mass is 32.1. The van der Waals surface area contributed by atoms with E-state index in [1.54, 1.807) is 0 Å². The van der Waals surface area contributed by atoms with Gasteiger partial charge in [-0.1, -0.05) is 13.8 Å². The second-order valence-corrected chi connectivity index (χ2v) is 5.75. The Morgan fingerprint density at radius 1 is 1.67 bits per heavy atom. The van der Waals surface area contributed by atoms with Gasteiger partial charge in [-0.2, -0.15) is 0 Å². The first-order chi connectivity index (χ1) is 7.15. The van der Waals surface area contributed by atoms with Crippen molar-refractivity contribution in [2.24, 2.45) is 5.73 Å². The van der Waals surface area contributed by atoms with E-state index >= 15 is 0 Å². The molecule has 0 radical (unpaired) electrons. The minimum atomic E-state index is 0.377.